The summed E-state index contributed by atoms with van der Waals surface area (Å²) in [6.07, 6.45) is 5.17. The molecule has 5 heteroatoms. The van der Waals surface area contributed by atoms with Gasteiger partial charge in [-0.1, -0.05) is 19.8 Å². The normalized spacial score (nSPS) is 20.6. The second kappa shape index (κ2) is 7.79. The predicted molar refractivity (Wildman–Crippen MR) is 97.4 cm³/mol. The maximum Gasteiger partial charge on any atom is 0.226 e. The molecule has 2 aromatic rings. The Bertz CT molecular complexity index is 681. The number of methoxy groups -OCH3 is 1. The molecule has 1 aliphatic rings. The van der Waals surface area contributed by atoms with Gasteiger partial charge in [-0.15, -0.1) is 11.3 Å². The number of nitrogens with one attached hydrogen (secondary N) is 1. The van der Waals surface area contributed by atoms with Gasteiger partial charge in [-0.3, -0.25) is 4.79 Å². The van der Waals surface area contributed by atoms with Gasteiger partial charge in [0.1, 0.15) is 10.8 Å². The first kappa shape index (κ1) is 17.0. The summed E-state index contributed by atoms with van der Waals surface area (Å²) in [5.74, 6) is 1.49. The number of hydrogen-bond donors (Lipinski definition) is 1. The van der Waals surface area contributed by atoms with E-state index in [1.807, 2.05) is 29.6 Å². The lowest BCUT2D eigenvalue weighted by Crippen LogP contribution is -2.41. The van der Waals surface area contributed by atoms with Crippen molar-refractivity contribution in [2.75, 3.05) is 7.11 Å². The number of rotatable bonds is 5. The van der Waals surface area contributed by atoms with Crippen LogP contribution in [0.25, 0.3) is 10.6 Å². The molecular formula is C19H24N2O2S. The number of carbonyl (C=O) groups excluding carboxylic acids is 1. The fourth-order valence-electron chi connectivity index (χ4n) is 3.21. The van der Waals surface area contributed by atoms with Crippen molar-refractivity contribution in [3.63, 3.8) is 0 Å². The van der Waals surface area contributed by atoms with Crippen LogP contribution in [-0.2, 0) is 11.2 Å². The van der Waals surface area contributed by atoms with Crippen molar-refractivity contribution in [1.29, 1.82) is 0 Å². The highest BCUT2D eigenvalue weighted by molar-refractivity contribution is 7.13. The maximum atomic E-state index is 12.3. The average molecular weight is 344 g/mol. The van der Waals surface area contributed by atoms with Crippen LogP contribution in [-0.4, -0.2) is 24.0 Å². The highest BCUT2D eigenvalue weighted by Gasteiger charge is 2.23. The van der Waals surface area contributed by atoms with Gasteiger partial charge in [-0.25, -0.2) is 4.98 Å². The van der Waals surface area contributed by atoms with Crippen LogP contribution in [0.15, 0.2) is 29.6 Å². The highest BCUT2D eigenvalue weighted by Crippen LogP contribution is 2.26. The van der Waals surface area contributed by atoms with E-state index in [4.69, 9.17) is 4.74 Å². The molecule has 2 atom stereocenters. The molecule has 1 aliphatic carbocycles. The van der Waals surface area contributed by atoms with Crippen molar-refractivity contribution in [3.8, 4) is 16.3 Å². The van der Waals surface area contributed by atoms with Gasteiger partial charge in [-0.2, -0.15) is 0 Å². The number of aromatic nitrogens is 1. The summed E-state index contributed by atoms with van der Waals surface area (Å²) in [5.41, 5.74) is 1.89. The third-order valence-corrected chi connectivity index (χ3v) is 5.63. The molecule has 0 saturated heterocycles. The quantitative estimate of drug-likeness (QED) is 0.890. The minimum atomic E-state index is 0.0836. The summed E-state index contributed by atoms with van der Waals surface area (Å²) < 4.78 is 5.17. The Kier molecular flexibility index (Phi) is 5.51. The summed E-state index contributed by atoms with van der Waals surface area (Å²) in [6, 6.07) is 8.16. The standard InChI is InChI=1S/C19H24N2O2S/c1-13-5-3-4-6-17(13)21-18(22)11-15-12-24-19(20-15)14-7-9-16(23-2)10-8-14/h7-10,12-13,17H,3-6,11H2,1-2H3,(H,21,22)/t13-,17-/m1/s1. The van der Waals surface area contributed by atoms with Crippen molar-refractivity contribution in [2.24, 2.45) is 5.92 Å². The molecule has 1 N–H and O–H groups in total. The average Bonchev–Trinajstić information content (AvgIpc) is 3.05. The van der Waals surface area contributed by atoms with Gasteiger partial charge in [0, 0.05) is 17.0 Å². The van der Waals surface area contributed by atoms with Gasteiger partial charge in [-0.05, 0) is 43.0 Å². The van der Waals surface area contributed by atoms with Crippen molar-refractivity contribution >= 4 is 17.2 Å². The Hall–Kier alpha value is -1.88. The lowest BCUT2D eigenvalue weighted by atomic mass is 9.86. The first-order chi connectivity index (χ1) is 11.7. The molecule has 4 nitrogen and oxygen atoms in total. The zero-order chi connectivity index (χ0) is 16.9. The van der Waals surface area contributed by atoms with Gasteiger partial charge in [0.15, 0.2) is 0 Å². The lowest BCUT2D eigenvalue weighted by molar-refractivity contribution is -0.121. The number of hydrogen-bond acceptors (Lipinski definition) is 4. The molecule has 1 heterocycles. The second-order valence-corrected chi connectivity index (χ2v) is 7.34. The van der Waals surface area contributed by atoms with Crippen molar-refractivity contribution in [2.45, 2.75) is 45.1 Å². The molecule has 0 radical (unpaired) electrons. The Morgan fingerprint density at radius 3 is 2.75 bits per heavy atom. The number of thiazole rings is 1. The van der Waals surface area contributed by atoms with Gasteiger partial charge in [0.25, 0.3) is 0 Å². The van der Waals surface area contributed by atoms with E-state index in [-0.39, 0.29) is 5.91 Å². The monoisotopic (exact) mass is 344 g/mol. The number of benzene rings is 1. The molecule has 1 aromatic carbocycles. The first-order valence-corrected chi connectivity index (χ1v) is 9.42. The summed E-state index contributed by atoms with van der Waals surface area (Å²) in [6.45, 7) is 2.23. The SMILES string of the molecule is COc1ccc(-c2nc(CC(=O)N[C@@H]3CCCC[C@H]3C)cs2)cc1. The molecule has 0 aliphatic heterocycles. The summed E-state index contributed by atoms with van der Waals surface area (Å²) >= 11 is 1.57. The summed E-state index contributed by atoms with van der Waals surface area (Å²) in [7, 11) is 1.66. The number of nitrogens with zero attached hydrogens (tertiary/aromatic N) is 1. The highest BCUT2D eigenvalue weighted by atomic mass is 32.1. The number of amides is 1. The summed E-state index contributed by atoms with van der Waals surface area (Å²) in [4.78, 5) is 16.9. The van der Waals surface area contributed by atoms with Crippen LogP contribution in [0.3, 0.4) is 0 Å². The molecule has 1 aromatic heterocycles. The fourth-order valence-corrected chi connectivity index (χ4v) is 4.03. The van der Waals surface area contributed by atoms with Gasteiger partial charge < -0.3 is 10.1 Å². The lowest BCUT2D eigenvalue weighted by Gasteiger charge is -2.29. The first-order valence-electron chi connectivity index (χ1n) is 8.54. The van der Waals surface area contributed by atoms with Crippen LogP contribution >= 0.6 is 11.3 Å². The second-order valence-electron chi connectivity index (χ2n) is 6.49. The molecule has 1 saturated carbocycles. The van der Waals surface area contributed by atoms with E-state index in [9.17, 15) is 4.79 Å². The van der Waals surface area contributed by atoms with Crippen molar-refractivity contribution in [1.82, 2.24) is 10.3 Å². The van der Waals surface area contributed by atoms with Crippen LogP contribution in [0.5, 0.6) is 5.75 Å². The minimum absolute atomic E-state index is 0.0836. The van der Waals surface area contributed by atoms with Crippen LogP contribution in [0.1, 0.15) is 38.3 Å². The molecule has 0 unspecified atom stereocenters. The van der Waals surface area contributed by atoms with Gasteiger partial charge in [0.2, 0.25) is 5.91 Å². The van der Waals surface area contributed by atoms with E-state index >= 15 is 0 Å². The number of carbonyl (C=O) groups is 1. The molecule has 1 fully saturated rings. The Morgan fingerprint density at radius 2 is 2.04 bits per heavy atom. The Morgan fingerprint density at radius 1 is 1.29 bits per heavy atom. The molecule has 1 amide bonds. The molecule has 0 bridgehead atoms. The van der Waals surface area contributed by atoms with E-state index in [2.05, 4.69) is 17.2 Å². The largest absolute Gasteiger partial charge is 0.497 e. The molecule has 3 rings (SSSR count). The van der Waals surface area contributed by atoms with E-state index in [1.165, 1.54) is 19.3 Å². The maximum absolute atomic E-state index is 12.3. The smallest absolute Gasteiger partial charge is 0.226 e. The third-order valence-electron chi connectivity index (χ3n) is 4.69. The molecule has 24 heavy (non-hydrogen) atoms. The zero-order valence-electron chi connectivity index (χ0n) is 14.2. The molecular weight excluding hydrogens is 320 g/mol. The van der Waals surface area contributed by atoms with Crippen LogP contribution < -0.4 is 10.1 Å². The van der Waals surface area contributed by atoms with E-state index in [0.29, 0.717) is 18.4 Å². The van der Waals surface area contributed by atoms with Crippen LogP contribution in [0.4, 0.5) is 0 Å². The summed E-state index contributed by atoms with van der Waals surface area (Å²) in [5, 5.41) is 6.10. The van der Waals surface area contributed by atoms with Crippen LogP contribution in [0, 0.1) is 5.92 Å². The van der Waals surface area contributed by atoms with Gasteiger partial charge >= 0.3 is 0 Å². The fraction of sp³-hybridized carbons (Fsp3) is 0.474. The molecule has 0 spiro atoms. The Balaban J connectivity index is 1.59. The van der Waals surface area contributed by atoms with E-state index in [1.54, 1.807) is 18.4 Å². The van der Waals surface area contributed by atoms with Crippen molar-refractivity contribution in [3.05, 3.63) is 35.3 Å². The number of ether oxygens (including phenoxy) is 1. The van der Waals surface area contributed by atoms with E-state index < -0.39 is 0 Å². The van der Waals surface area contributed by atoms with Crippen molar-refractivity contribution < 1.29 is 9.53 Å². The third kappa shape index (κ3) is 4.15. The topological polar surface area (TPSA) is 51.2 Å². The van der Waals surface area contributed by atoms with Crippen LogP contribution in [0.2, 0.25) is 0 Å². The molecule has 128 valence electrons. The van der Waals surface area contributed by atoms with Gasteiger partial charge in [0.05, 0.1) is 19.2 Å². The minimum Gasteiger partial charge on any atom is -0.497 e. The zero-order valence-corrected chi connectivity index (χ0v) is 15.1. The Labute approximate surface area is 147 Å². The predicted octanol–water partition coefficient (Wildman–Crippen LogP) is 4.06. The van der Waals surface area contributed by atoms with E-state index in [0.717, 1.165) is 28.4 Å².